The molecular formula is C28H28N4O6. The van der Waals surface area contributed by atoms with Crippen LogP contribution in [0.5, 0.6) is 0 Å². The van der Waals surface area contributed by atoms with Gasteiger partial charge in [0, 0.05) is 37.6 Å². The first kappa shape index (κ1) is 25.4. The van der Waals surface area contributed by atoms with Gasteiger partial charge in [0.25, 0.3) is 5.69 Å². The summed E-state index contributed by atoms with van der Waals surface area (Å²) in [6.45, 7) is 4.46. The van der Waals surface area contributed by atoms with E-state index >= 15 is 0 Å². The van der Waals surface area contributed by atoms with Gasteiger partial charge in [-0.25, -0.2) is 9.78 Å². The molecule has 0 unspecified atom stereocenters. The van der Waals surface area contributed by atoms with Crippen LogP contribution in [0.25, 0.3) is 5.65 Å². The molecule has 0 spiro atoms. The number of anilines is 1. The molecule has 0 aliphatic carbocycles. The standard InChI is InChI=1S/C28H28N4O6/c1-18-19(2)31-14-13-22-17-28(37-16-15-36-3,38-27(33)21-9-11-23(12-10-21)32(34)35)25(20-7-5-4-6-8-20)30-24(22)26(31)29-18/h4-14,25,30H,15-17H2,1-3H3/t25-,28-/m1/s1. The van der Waals surface area contributed by atoms with Crippen LogP contribution in [-0.4, -0.2) is 46.4 Å². The van der Waals surface area contributed by atoms with Gasteiger partial charge in [-0.2, -0.15) is 0 Å². The highest BCUT2D eigenvalue weighted by molar-refractivity contribution is 5.90. The summed E-state index contributed by atoms with van der Waals surface area (Å²) < 4.78 is 19.8. The predicted molar refractivity (Wildman–Crippen MR) is 140 cm³/mol. The molecule has 0 amide bonds. The van der Waals surface area contributed by atoms with E-state index in [0.29, 0.717) is 6.61 Å². The second-order valence-corrected chi connectivity index (χ2v) is 9.20. The van der Waals surface area contributed by atoms with Gasteiger partial charge < -0.3 is 23.9 Å². The molecule has 0 saturated heterocycles. The number of nitrogens with zero attached hydrogens (tertiary/aromatic N) is 3. The van der Waals surface area contributed by atoms with Crippen molar-refractivity contribution >= 4 is 23.0 Å². The lowest BCUT2D eigenvalue weighted by molar-refractivity contribution is -0.384. The van der Waals surface area contributed by atoms with Gasteiger partial charge in [0.1, 0.15) is 6.04 Å². The second-order valence-electron chi connectivity index (χ2n) is 9.20. The number of benzene rings is 2. The lowest BCUT2D eigenvalue weighted by Gasteiger charge is -2.44. The van der Waals surface area contributed by atoms with Crippen LogP contribution >= 0.6 is 0 Å². The molecule has 1 aliphatic rings. The van der Waals surface area contributed by atoms with Crippen molar-refractivity contribution in [3.63, 3.8) is 0 Å². The van der Waals surface area contributed by atoms with Gasteiger partial charge in [-0.1, -0.05) is 30.3 Å². The number of imidazole rings is 1. The molecule has 38 heavy (non-hydrogen) atoms. The minimum absolute atomic E-state index is 0.114. The summed E-state index contributed by atoms with van der Waals surface area (Å²) >= 11 is 0. The number of carbonyl (C=O) groups is 1. The number of aromatic nitrogens is 2. The number of nitrogens with one attached hydrogen (secondary N) is 1. The number of non-ortho nitro benzene ring substituents is 1. The molecule has 2 atom stereocenters. The smallest absolute Gasteiger partial charge is 0.340 e. The second kappa shape index (κ2) is 10.2. The van der Waals surface area contributed by atoms with Gasteiger partial charge in [0.2, 0.25) is 5.79 Å². The number of nitro groups is 1. The van der Waals surface area contributed by atoms with Gasteiger partial charge in [-0.15, -0.1) is 0 Å². The van der Waals surface area contributed by atoms with Gasteiger partial charge in [-0.3, -0.25) is 10.1 Å². The van der Waals surface area contributed by atoms with E-state index in [1.54, 1.807) is 7.11 Å². The number of hydrogen-bond acceptors (Lipinski definition) is 8. The highest BCUT2D eigenvalue weighted by Crippen LogP contribution is 2.44. The van der Waals surface area contributed by atoms with Crippen molar-refractivity contribution in [2.24, 2.45) is 0 Å². The number of nitro benzene ring substituents is 1. The molecule has 0 saturated carbocycles. The Kier molecular flexibility index (Phi) is 6.83. The van der Waals surface area contributed by atoms with Crippen molar-refractivity contribution in [3.8, 4) is 0 Å². The summed E-state index contributed by atoms with van der Waals surface area (Å²) in [5.74, 6) is -2.10. The quantitative estimate of drug-likeness (QED) is 0.117. The van der Waals surface area contributed by atoms with Crippen molar-refractivity contribution in [2.75, 3.05) is 25.6 Å². The minimum atomic E-state index is -1.44. The third-order valence-corrected chi connectivity index (χ3v) is 6.87. The van der Waals surface area contributed by atoms with E-state index in [4.69, 9.17) is 19.2 Å². The van der Waals surface area contributed by atoms with Crippen LogP contribution < -0.4 is 5.32 Å². The molecule has 2 aromatic carbocycles. The lowest BCUT2D eigenvalue weighted by atomic mass is 9.87. The maximum Gasteiger partial charge on any atom is 0.340 e. The Labute approximate surface area is 219 Å². The van der Waals surface area contributed by atoms with E-state index < -0.39 is 22.7 Å². The minimum Gasteiger partial charge on any atom is -0.426 e. The van der Waals surface area contributed by atoms with Crippen molar-refractivity contribution in [3.05, 3.63) is 105 Å². The van der Waals surface area contributed by atoms with Crippen LogP contribution in [0.15, 0.2) is 66.9 Å². The molecular weight excluding hydrogens is 488 g/mol. The van der Waals surface area contributed by atoms with Crippen molar-refractivity contribution in [2.45, 2.75) is 32.1 Å². The summed E-state index contributed by atoms with van der Waals surface area (Å²) in [6.07, 6.45) is 2.20. The third-order valence-electron chi connectivity index (χ3n) is 6.87. The van der Waals surface area contributed by atoms with Gasteiger partial charge in [-0.05, 0) is 43.2 Å². The number of aryl methyl sites for hydroxylation is 2. The monoisotopic (exact) mass is 516 g/mol. The zero-order valence-corrected chi connectivity index (χ0v) is 21.3. The highest BCUT2D eigenvalue weighted by Gasteiger charge is 2.49. The number of ether oxygens (including phenoxy) is 3. The van der Waals surface area contributed by atoms with E-state index in [0.717, 1.165) is 33.8 Å². The van der Waals surface area contributed by atoms with Crippen LogP contribution in [0, 0.1) is 24.0 Å². The molecule has 0 fully saturated rings. The molecule has 10 nitrogen and oxygen atoms in total. The summed E-state index contributed by atoms with van der Waals surface area (Å²) in [7, 11) is 1.57. The summed E-state index contributed by atoms with van der Waals surface area (Å²) in [5, 5.41) is 14.7. The van der Waals surface area contributed by atoms with Gasteiger partial charge >= 0.3 is 5.97 Å². The number of methoxy groups -OCH3 is 1. The first-order valence-electron chi connectivity index (χ1n) is 12.2. The van der Waals surface area contributed by atoms with Crippen LogP contribution in [0.2, 0.25) is 0 Å². The van der Waals surface area contributed by atoms with Crippen molar-refractivity contribution in [1.82, 2.24) is 9.38 Å². The van der Waals surface area contributed by atoms with E-state index in [1.807, 2.05) is 60.8 Å². The Morgan fingerprint density at radius 3 is 2.55 bits per heavy atom. The summed E-state index contributed by atoms with van der Waals surface area (Å²) in [6, 6.07) is 16.3. The molecule has 0 bridgehead atoms. The Morgan fingerprint density at radius 2 is 1.87 bits per heavy atom. The number of fused-ring (bicyclic) bond motifs is 3. The number of hydrogen-bond donors (Lipinski definition) is 1. The highest BCUT2D eigenvalue weighted by atomic mass is 16.7. The molecule has 10 heteroatoms. The van der Waals surface area contributed by atoms with Gasteiger partial charge in [0.15, 0.2) is 5.65 Å². The van der Waals surface area contributed by atoms with E-state index in [-0.39, 0.29) is 24.3 Å². The molecule has 2 aromatic heterocycles. The van der Waals surface area contributed by atoms with Crippen LogP contribution in [0.4, 0.5) is 11.4 Å². The van der Waals surface area contributed by atoms with Crippen molar-refractivity contribution in [1.29, 1.82) is 0 Å². The average molecular weight is 517 g/mol. The van der Waals surface area contributed by atoms with Crippen LogP contribution in [0.1, 0.15) is 38.9 Å². The maximum absolute atomic E-state index is 13.4. The number of rotatable bonds is 8. The zero-order valence-electron chi connectivity index (χ0n) is 21.3. The fourth-order valence-electron chi connectivity index (χ4n) is 4.78. The predicted octanol–water partition coefficient (Wildman–Crippen LogP) is 4.78. The first-order valence-corrected chi connectivity index (χ1v) is 12.2. The number of pyridine rings is 1. The first-order chi connectivity index (χ1) is 18.3. The molecule has 1 aliphatic heterocycles. The maximum atomic E-state index is 13.4. The van der Waals surface area contributed by atoms with E-state index in [1.165, 1.54) is 24.3 Å². The van der Waals surface area contributed by atoms with Gasteiger partial charge in [0.05, 0.1) is 35.1 Å². The SMILES string of the molecule is COCCO[C@@]1(OC(=O)c2ccc([N+](=O)[O-])cc2)Cc2ccn3c(C)c(C)nc3c2N[C@@H]1c1ccccc1. The number of carbonyl (C=O) groups excluding carboxylic acids is 1. The Balaban J connectivity index is 1.61. The Bertz CT molecular complexity index is 1490. The largest absolute Gasteiger partial charge is 0.426 e. The fraction of sp³-hybridized carbons (Fsp3) is 0.286. The molecule has 1 N–H and O–H groups in total. The molecule has 5 rings (SSSR count). The van der Waals surface area contributed by atoms with Crippen LogP contribution in [0.3, 0.4) is 0 Å². The molecule has 0 radical (unpaired) electrons. The fourth-order valence-corrected chi connectivity index (χ4v) is 4.78. The average Bonchev–Trinajstić information content (AvgIpc) is 3.22. The third kappa shape index (κ3) is 4.59. The van der Waals surface area contributed by atoms with Crippen LogP contribution in [-0.2, 0) is 20.6 Å². The summed E-state index contributed by atoms with van der Waals surface area (Å²) in [4.78, 5) is 28.8. The summed E-state index contributed by atoms with van der Waals surface area (Å²) in [5.41, 5.74) is 5.39. The van der Waals surface area contributed by atoms with Crippen molar-refractivity contribution < 1.29 is 23.9 Å². The Morgan fingerprint density at radius 1 is 1.13 bits per heavy atom. The zero-order chi connectivity index (χ0) is 26.9. The molecule has 3 heterocycles. The van der Waals surface area contributed by atoms with E-state index in [2.05, 4.69) is 5.32 Å². The number of esters is 1. The Hall–Kier alpha value is -4.28. The normalized spacial score (nSPS) is 18.6. The van der Waals surface area contributed by atoms with E-state index in [9.17, 15) is 14.9 Å². The molecule has 196 valence electrons. The molecule has 4 aromatic rings. The topological polar surface area (TPSA) is 117 Å². The lowest BCUT2D eigenvalue weighted by Crippen LogP contribution is -2.52.